The molecule has 1 heterocycles. The topological polar surface area (TPSA) is 44.7 Å². The normalized spacial score (nSPS) is 29.2. The lowest BCUT2D eigenvalue weighted by atomic mass is 9.92. The average Bonchev–Trinajstić information content (AvgIpc) is 2.36. The van der Waals surface area contributed by atoms with Gasteiger partial charge in [0.15, 0.2) is 0 Å². The Hall–Kier alpha value is -0.160. The number of hydrogen-bond acceptors (Lipinski definition) is 4. The Bertz CT molecular complexity index is 214. The van der Waals surface area contributed by atoms with E-state index in [4.69, 9.17) is 9.84 Å². The van der Waals surface area contributed by atoms with Crippen molar-refractivity contribution in [2.45, 2.75) is 50.7 Å². The second kappa shape index (κ2) is 8.10. The molecule has 0 aromatic carbocycles. The zero-order valence-corrected chi connectivity index (χ0v) is 11.4. The first-order valence-corrected chi connectivity index (χ1v) is 7.57. The van der Waals surface area contributed by atoms with Gasteiger partial charge in [-0.25, -0.2) is 0 Å². The Morgan fingerprint density at radius 2 is 1.78 bits per heavy atom. The largest absolute Gasteiger partial charge is 0.393 e. The molecule has 2 N–H and O–H groups in total. The molecule has 1 aliphatic carbocycles. The summed E-state index contributed by atoms with van der Waals surface area (Å²) in [6, 6.07) is 0. The van der Waals surface area contributed by atoms with E-state index in [-0.39, 0.29) is 6.10 Å². The molecule has 4 heteroatoms. The highest BCUT2D eigenvalue weighted by Gasteiger charge is 2.27. The highest BCUT2D eigenvalue weighted by Crippen LogP contribution is 2.23. The summed E-state index contributed by atoms with van der Waals surface area (Å²) in [6.07, 6.45) is 7.06. The molecule has 2 fully saturated rings. The summed E-state index contributed by atoms with van der Waals surface area (Å²) in [6.45, 7) is 6.88. The third kappa shape index (κ3) is 5.22. The van der Waals surface area contributed by atoms with Crippen molar-refractivity contribution < 1.29 is 9.84 Å². The van der Waals surface area contributed by atoms with E-state index in [9.17, 15) is 0 Å². The summed E-state index contributed by atoms with van der Waals surface area (Å²) >= 11 is 0. The fourth-order valence-electron chi connectivity index (χ4n) is 2.65. The molecular weight excluding hydrogens is 228 g/mol. The van der Waals surface area contributed by atoms with Crippen molar-refractivity contribution in [3.05, 3.63) is 0 Å². The van der Waals surface area contributed by atoms with E-state index in [1.165, 1.54) is 45.3 Å². The monoisotopic (exact) mass is 256 g/mol. The van der Waals surface area contributed by atoms with E-state index in [2.05, 4.69) is 10.2 Å². The SMILES string of the molecule is OC1CC(OCCCCCCN2CCNCC2)C1. The van der Waals surface area contributed by atoms with Crippen LogP contribution in [0.3, 0.4) is 0 Å². The van der Waals surface area contributed by atoms with Crippen molar-refractivity contribution in [3.63, 3.8) is 0 Å². The molecule has 0 spiro atoms. The minimum absolute atomic E-state index is 0.0889. The third-order valence-electron chi connectivity index (χ3n) is 4.00. The van der Waals surface area contributed by atoms with Gasteiger partial charge in [0.25, 0.3) is 0 Å². The molecule has 18 heavy (non-hydrogen) atoms. The molecule has 1 saturated carbocycles. The Morgan fingerprint density at radius 1 is 1.06 bits per heavy atom. The summed E-state index contributed by atoms with van der Waals surface area (Å²) in [5.74, 6) is 0. The van der Waals surface area contributed by atoms with Crippen LogP contribution in [0.4, 0.5) is 0 Å². The molecular formula is C14H28N2O2. The van der Waals surface area contributed by atoms with Crippen molar-refractivity contribution >= 4 is 0 Å². The number of piperazine rings is 1. The molecule has 0 amide bonds. The molecule has 0 aromatic heterocycles. The van der Waals surface area contributed by atoms with E-state index in [1.807, 2.05) is 0 Å². The van der Waals surface area contributed by atoms with Gasteiger partial charge in [-0.05, 0) is 32.2 Å². The Balaban J connectivity index is 1.33. The van der Waals surface area contributed by atoms with Crippen LogP contribution in [0.2, 0.25) is 0 Å². The van der Waals surface area contributed by atoms with E-state index >= 15 is 0 Å². The highest BCUT2D eigenvalue weighted by atomic mass is 16.5. The maximum absolute atomic E-state index is 9.13. The van der Waals surface area contributed by atoms with Gasteiger partial charge in [0.1, 0.15) is 0 Å². The first-order chi connectivity index (χ1) is 8.84. The predicted octanol–water partition coefficient (Wildman–Crippen LogP) is 0.992. The highest BCUT2D eigenvalue weighted by molar-refractivity contribution is 4.78. The van der Waals surface area contributed by atoms with Crippen molar-refractivity contribution in [2.24, 2.45) is 0 Å². The van der Waals surface area contributed by atoms with Crippen LogP contribution in [0.15, 0.2) is 0 Å². The molecule has 1 saturated heterocycles. The fourth-order valence-corrected chi connectivity index (χ4v) is 2.65. The molecule has 2 rings (SSSR count). The zero-order chi connectivity index (χ0) is 12.6. The van der Waals surface area contributed by atoms with Crippen LogP contribution in [-0.4, -0.2) is 61.5 Å². The Labute approximate surface area is 111 Å². The van der Waals surface area contributed by atoms with E-state index in [0.29, 0.717) is 6.10 Å². The second-order valence-corrected chi connectivity index (χ2v) is 5.62. The minimum atomic E-state index is -0.0889. The van der Waals surface area contributed by atoms with Crippen molar-refractivity contribution in [1.82, 2.24) is 10.2 Å². The van der Waals surface area contributed by atoms with Crippen LogP contribution in [0, 0.1) is 0 Å². The van der Waals surface area contributed by atoms with Gasteiger partial charge in [0.2, 0.25) is 0 Å². The van der Waals surface area contributed by atoms with Crippen molar-refractivity contribution in [1.29, 1.82) is 0 Å². The summed E-state index contributed by atoms with van der Waals surface area (Å²) in [7, 11) is 0. The van der Waals surface area contributed by atoms with Gasteiger partial charge in [-0.2, -0.15) is 0 Å². The molecule has 1 aliphatic heterocycles. The first kappa shape index (κ1) is 14.3. The molecule has 2 aliphatic rings. The predicted molar refractivity (Wildman–Crippen MR) is 72.8 cm³/mol. The number of unbranched alkanes of at least 4 members (excludes halogenated alkanes) is 3. The molecule has 0 radical (unpaired) electrons. The number of ether oxygens (including phenoxy) is 1. The van der Waals surface area contributed by atoms with Gasteiger partial charge in [-0.15, -0.1) is 0 Å². The molecule has 0 aromatic rings. The Kier molecular flexibility index (Phi) is 6.41. The van der Waals surface area contributed by atoms with Crippen LogP contribution < -0.4 is 5.32 Å². The van der Waals surface area contributed by atoms with Gasteiger partial charge in [0.05, 0.1) is 12.2 Å². The third-order valence-corrected chi connectivity index (χ3v) is 4.00. The number of aliphatic hydroxyl groups is 1. The van der Waals surface area contributed by atoms with Crippen LogP contribution in [-0.2, 0) is 4.74 Å². The van der Waals surface area contributed by atoms with Gasteiger partial charge < -0.3 is 20.1 Å². The lowest BCUT2D eigenvalue weighted by Crippen LogP contribution is -2.43. The molecule has 0 unspecified atom stereocenters. The first-order valence-electron chi connectivity index (χ1n) is 7.57. The van der Waals surface area contributed by atoms with Gasteiger partial charge in [0, 0.05) is 32.8 Å². The van der Waals surface area contributed by atoms with Crippen LogP contribution in [0.1, 0.15) is 38.5 Å². The molecule has 0 bridgehead atoms. The minimum Gasteiger partial charge on any atom is -0.393 e. The maximum atomic E-state index is 9.13. The number of nitrogens with one attached hydrogen (secondary N) is 1. The smallest absolute Gasteiger partial charge is 0.0624 e. The molecule has 0 atom stereocenters. The summed E-state index contributed by atoms with van der Waals surface area (Å²) < 4.78 is 5.67. The van der Waals surface area contributed by atoms with Gasteiger partial charge in [-0.1, -0.05) is 12.8 Å². The number of rotatable bonds is 8. The lowest BCUT2D eigenvalue weighted by molar-refractivity contribution is -0.0714. The fraction of sp³-hybridized carbons (Fsp3) is 1.00. The summed E-state index contributed by atoms with van der Waals surface area (Å²) in [4.78, 5) is 2.56. The van der Waals surface area contributed by atoms with E-state index < -0.39 is 0 Å². The quantitative estimate of drug-likeness (QED) is 0.636. The molecule has 106 valence electrons. The van der Waals surface area contributed by atoms with Crippen LogP contribution >= 0.6 is 0 Å². The second-order valence-electron chi connectivity index (χ2n) is 5.62. The molecule has 4 nitrogen and oxygen atoms in total. The van der Waals surface area contributed by atoms with E-state index in [1.54, 1.807) is 0 Å². The summed E-state index contributed by atoms with van der Waals surface area (Å²) in [5, 5.41) is 12.5. The average molecular weight is 256 g/mol. The zero-order valence-electron chi connectivity index (χ0n) is 11.4. The number of nitrogens with zero attached hydrogens (tertiary/aromatic N) is 1. The van der Waals surface area contributed by atoms with E-state index in [0.717, 1.165) is 32.5 Å². The lowest BCUT2D eigenvalue weighted by Gasteiger charge is -2.31. The Morgan fingerprint density at radius 3 is 2.50 bits per heavy atom. The number of hydrogen-bond donors (Lipinski definition) is 2. The van der Waals surface area contributed by atoms with Gasteiger partial charge in [-0.3, -0.25) is 0 Å². The summed E-state index contributed by atoms with van der Waals surface area (Å²) in [5.41, 5.74) is 0. The number of aliphatic hydroxyl groups excluding tert-OH is 1. The van der Waals surface area contributed by atoms with Crippen molar-refractivity contribution in [2.75, 3.05) is 39.3 Å². The van der Waals surface area contributed by atoms with Crippen molar-refractivity contribution in [3.8, 4) is 0 Å². The van der Waals surface area contributed by atoms with Gasteiger partial charge >= 0.3 is 0 Å². The maximum Gasteiger partial charge on any atom is 0.0624 e. The van der Waals surface area contributed by atoms with Crippen LogP contribution in [0.25, 0.3) is 0 Å². The van der Waals surface area contributed by atoms with Crippen LogP contribution in [0.5, 0.6) is 0 Å². The standard InChI is InChI=1S/C14H28N2O2/c17-13-11-14(12-13)18-10-4-2-1-3-7-16-8-5-15-6-9-16/h13-15,17H,1-12H2.